The van der Waals surface area contributed by atoms with E-state index < -0.39 is 0 Å². The first-order valence-corrected chi connectivity index (χ1v) is 18.6. The summed E-state index contributed by atoms with van der Waals surface area (Å²) in [6, 6.07) is 25.3. The molecule has 2 bridgehead atoms. The van der Waals surface area contributed by atoms with Crippen LogP contribution in [-0.4, -0.2) is 42.2 Å². The average molecular weight is 660 g/mol. The van der Waals surface area contributed by atoms with E-state index in [1.54, 1.807) is 0 Å². The van der Waals surface area contributed by atoms with Crippen LogP contribution in [0.25, 0.3) is 10.9 Å². The van der Waals surface area contributed by atoms with E-state index in [0.29, 0.717) is 24.4 Å². The maximum Gasteiger partial charge on any atom is 0.494 e. The molecule has 3 aromatic carbocycles. The maximum atomic E-state index is 7.04. The van der Waals surface area contributed by atoms with Gasteiger partial charge in [0.2, 0.25) is 0 Å². The molecule has 0 unspecified atom stereocenters. The van der Waals surface area contributed by atoms with E-state index >= 15 is 0 Å². The minimum absolute atomic E-state index is 0.137. The third-order valence-corrected chi connectivity index (χ3v) is 13.7. The van der Waals surface area contributed by atoms with E-state index in [1.807, 2.05) is 24.3 Å². The van der Waals surface area contributed by atoms with Crippen LogP contribution in [0.3, 0.4) is 0 Å². The molecule has 7 heteroatoms. The Hall–Kier alpha value is -3.26. The Kier molecular flexibility index (Phi) is 7.36. The molecular formula is C42H50BNO5. The van der Waals surface area contributed by atoms with Gasteiger partial charge in [-0.1, -0.05) is 68.3 Å². The first-order valence-electron chi connectivity index (χ1n) is 18.6. The molecule has 1 aromatic heterocycles. The molecule has 3 saturated carbocycles. The molecule has 1 spiro atoms. The zero-order valence-corrected chi connectivity index (χ0v) is 29.9. The molecule has 4 aromatic rings. The smallest absolute Gasteiger partial charge is 0.491 e. The van der Waals surface area contributed by atoms with Crippen LogP contribution in [0.1, 0.15) is 77.2 Å². The third-order valence-electron chi connectivity index (χ3n) is 13.7. The molecule has 5 fully saturated rings. The molecular weight excluding hydrogens is 609 g/mol. The highest BCUT2D eigenvalue weighted by Crippen LogP contribution is 2.74. The molecule has 9 rings (SSSR count). The summed E-state index contributed by atoms with van der Waals surface area (Å²) in [6.07, 6.45) is 7.56. The second-order valence-corrected chi connectivity index (χ2v) is 16.8. The van der Waals surface area contributed by atoms with E-state index in [2.05, 4.69) is 101 Å². The van der Waals surface area contributed by atoms with Crippen LogP contribution in [0.4, 0.5) is 0 Å². The van der Waals surface area contributed by atoms with Crippen molar-refractivity contribution in [2.45, 2.75) is 104 Å². The summed E-state index contributed by atoms with van der Waals surface area (Å²) in [5, 5.41) is 1.16. The number of ether oxygens (including phenoxy) is 3. The van der Waals surface area contributed by atoms with Crippen LogP contribution < -0.4 is 14.9 Å². The molecule has 9 atom stereocenters. The summed E-state index contributed by atoms with van der Waals surface area (Å²) in [5.41, 5.74) is 5.05. The number of aromatic nitrogens is 1. The van der Waals surface area contributed by atoms with E-state index in [4.69, 9.17) is 23.5 Å². The summed E-state index contributed by atoms with van der Waals surface area (Å²) in [6.45, 7) is 14.5. The first-order chi connectivity index (χ1) is 23.5. The highest BCUT2D eigenvalue weighted by atomic mass is 16.7. The van der Waals surface area contributed by atoms with Gasteiger partial charge >= 0.3 is 7.12 Å². The van der Waals surface area contributed by atoms with Crippen LogP contribution in [0, 0.1) is 42.4 Å². The fraction of sp³-hybridized carbons (Fsp3) is 0.524. The fourth-order valence-corrected chi connectivity index (χ4v) is 11.0. The fourth-order valence-electron chi connectivity index (χ4n) is 11.0. The summed E-state index contributed by atoms with van der Waals surface area (Å²) in [7, 11) is -0.345. The Morgan fingerprint density at radius 3 is 2.35 bits per heavy atom. The lowest BCUT2D eigenvalue weighted by Gasteiger charge is -2.48. The van der Waals surface area contributed by atoms with Crippen molar-refractivity contribution in [3.8, 4) is 11.5 Å². The zero-order valence-electron chi connectivity index (χ0n) is 29.9. The van der Waals surface area contributed by atoms with Crippen LogP contribution in [-0.2, 0) is 14.0 Å². The topological polar surface area (TPSA) is 51.1 Å². The van der Waals surface area contributed by atoms with Crippen molar-refractivity contribution in [1.29, 1.82) is 0 Å². The molecule has 2 aliphatic heterocycles. The van der Waals surface area contributed by atoms with Crippen molar-refractivity contribution >= 4 is 23.5 Å². The van der Waals surface area contributed by atoms with Gasteiger partial charge in [-0.2, -0.15) is 0 Å². The van der Waals surface area contributed by atoms with Crippen molar-refractivity contribution < 1.29 is 23.5 Å². The van der Waals surface area contributed by atoms with Gasteiger partial charge in [-0.3, -0.25) is 0 Å². The Bertz CT molecular complexity index is 1850. The highest BCUT2D eigenvalue weighted by molar-refractivity contribution is 6.62. The SMILES string of the molecule is Cc1ccc(OC[C@H]2O[C@@H](n3ccc4cc(B5O[C@H]6C[C@@]78C[C@H](C(C)(C)[C@H]7CC[C@H]8C)[C@@]6(C)O5)ccc43)C[C@@H]2Oc2ccc(C)cc2)cc1. The van der Waals surface area contributed by atoms with Gasteiger partial charge < -0.3 is 28.1 Å². The standard InChI is InChI=1S/C42H50BNO5/c1-26-7-13-31(14-8-26)45-25-35-34(46-32-15-9-27(2)10-16-32)22-39(47-35)44-20-19-29-21-30(12-17-33(29)44)43-48-38-24-42-23-37(41(38,6)49-43)40(4,5)36(42)18-11-28(42)3/h7-10,12-17,19-21,28,34-39H,11,18,22-25H2,1-6H3/t28-,34+,35-,36-,37-,38+,39-,41-,42-/m1/s1. The van der Waals surface area contributed by atoms with Crippen LogP contribution in [0.2, 0.25) is 0 Å². The van der Waals surface area contributed by atoms with Gasteiger partial charge in [-0.05, 0) is 122 Å². The Labute approximate surface area is 291 Å². The van der Waals surface area contributed by atoms with Crippen LogP contribution in [0.15, 0.2) is 79.0 Å². The summed E-state index contributed by atoms with van der Waals surface area (Å²) >= 11 is 0. The molecule has 0 radical (unpaired) electrons. The molecule has 3 aliphatic carbocycles. The largest absolute Gasteiger partial charge is 0.494 e. The van der Waals surface area contributed by atoms with E-state index in [0.717, 1.165) is 46.1 Å². The zero-order chi connectivity index (χ0) is 33.7. The van der Waals surface area contributed by atoms with Gasteiger partial charge in [0, 0.05) is 12.6 Å². The molecule has 3 heterocycles. The lowest BCUT2D eigenvalue weighted by molar-refractivity contribution is -0.0767. The number of fused-ring (bicyclic) bond motifs is 4. The van der Waals surface area contributed by atoms with Crippen molar-refractivity contribution in [2.75, 3.05) is 6.61 Å². The Morgan fingerprint density at radius 1 is 0.857 bits per heavy atom. The average Bonchev–Trinajstić information content (AvgIpc) is 3.87. The van der Waals surface area contributed by atoms with Gasteiger partial charge in [-0.25, -0.2) is 0 Å². The molecule has 49 heavy (non-hydrogen) atoms. The predicted octanol–water partition coefficient (Wildman–Crippen LogP) is 8.42. The second-order valence-electron chi connectivity index (χ2n) is 16.8. The van der Waals surface area contributed by atoms with E-state index in [-0.39, 0.29) is 42.7 Å². The van der Waals surface area contributed by atoms with E-state index in [1.165, 1.54) is 30.4 Å². The summed E-state index contributed by atoms with van der Waals surface area (Å²) < 4.78 is 35.7. The maximum absolute atomic E-state index is 7.04. The van der Waals surface area contributed by atoms with Crippen molar-refractivity contribution in [3.05, 3.63) is 90.1 Å². The van der Waals surface area contributed by atoms with Crippen molar-refractivity contribution in [2.24, 2.45) is 28.6 Å². The number of benzene rings is 3. The molecule has 6 nitrogen and oxygen atoms in total. The monoisotopic (exact) mass is 659 g/mol. The number of rotatable bonds is 7. The molecule has 5 aliphatic rings. The lowest BCUT2D eigenvalue weighted by atomic mass is 9.63. The number of nitrogens with zero attached hydrogens (tertiary/aromatic N) is 1. The summed E-state index contributed by atoms with van der Waals surface area (Å²) in [5.74, 6) is 3.74. The van der Waals surface area contributed by atoms with Crippen LogP contribution in [0.5, 0.6) is 11.5 Å². The molecule has 0 N–H and O–H groups in total. The van der Waals surface area contributed by atoms with Crippen LogP contribution >= 0.6 is 0 Å². The molecule has 256 valence electrons. The van der Waals surface area contributed by atoms with Gasteiger partial charge in [0.05, 0.1) is 17.2 Å². The van der Waals surface area contributed by atoms with Gasteiger partial charge in [0.25, 0.3) is 0 Å². The highest BCUT2D eigenvalue weighted by Gasteiger charge is 2.73. The summed E-state index contributed by atoms with van der Waals surface area (Å²) in [4.78, 5) is 0. The van der Waals surface area contributed by atoms with E-state index in [9.17, 15) is 0 Å². The molecule has 2 saturated heterocycles. The minimum Gasteiger partial charge on any atom is -0.491 e. The first kappa shape index (κ1) is 31.7. The number of aryl methyl sites for hydroxylation is 2. The van der Waals surface area contributed by atoms with Gasteiger partial charge in [0.15, 0.2) is 0 Å². The Balaban J connectivity index is 0.948. The minimum atomic E-state index is -0.345. The third kappa shape index (κ3) is 5.01. The van der Waals surface area contributed by atoms with Gasteiger partial charge in [0.1, 0.15) is 36.5 Å². The van der Waals surface area contributed by atoms with Crippen molar-refractivity contribution in [1.82, 2.24) is 4.57 Å². The number of hydrogen-bond donors (Lipinski definition) is 0. The normalized spacial score (nSPS) is 35.9. The van der Waals surface area contributed by atoms with Gasteiger partial charge in [-0.15, -0.1) is 0 Å². The number of hydrogen-bond acceptors (Lipinski definition) is 5. The van der Waals surface area contributed by atoms with Crippen molar-refractivity contribution in [3.63, 3.8) is 0 Å². The Morgan fingerprint density at radius 2 is 1.59 bits per heavy atom. The molecule has 0 amide bonds. The quantitative estimate of drug-likeness (QED) is 0.187. The predicted molar refractivity (Wildman–Crippen MR) is 193 cm³/mol. The lowest BCUT2D eigenvalue weighted by Crippen LogP contribution is -2.52. The second kappa shape index (κ2) is 11.4.